The molecule has 2 N–H and O–H groups in total. The average molecular weight is 753 g/mol. The van der Waals surface area contributed by atoms with Gasteiger partial charge in [-0.1, -0.05) is 98.6 Å². The van der Waals surface area contributed by atoms with Gasteiger partial charge in [0.15, 0.2) is 0 Å². The summed E-state index contributed by atoms with van der Waals surface area (Å²) in [6, 6.07) is 14.5. The Hall–Kier alpha value is -1.90. The van der Waals surface area contributed by atoms with E-state index < -0.39 is 0 Å². The predicted molar refractivity (Wildman–Crippen MR) is 205 cm³/mol. The van der Waals surface area contributed by atoms with Gasteiger partial charge in [-0.3, -0.25) is 0 Å². The summed E-state index contributed by atoms with van der Waals surface area (Å²) in [7, 11) is 2.00. The Labute approximate surface area is 309 Å². The Morgan fingerprint density at radius 2 is 0.688 bits per heavy atom. The molecule has 4 nitrogen and oxygen atoms in total. The van der Waals surface area contributed by atoms with E-state index in [9.17, 15) is 5.53 Å². The first-order chi connectivity index (χ1) is 23.0. The summed E-state index contributed by atoms with van der Waals surface area (Å²) in [5.74, 6) is 0. The minimum atomic E-state index is 0. The van der Waals surface area contributed by atoms with Crippen LogP contribution in [-0.4, -0.2) is 29.1 Å². The van der Waals surface area contributed by atoms with Crippen LogP contribution in [0.2, 0.25) is 0 Å². The zero-order chi connectivity index (χ0) is 35.0. The average Bonchev–Trinajstić information content (AvgIpc) is 3.38. The van der Waals surface area contributed by atoms with Crippen molar-refractivity contribution in [3.63, 3.8) is 0 Å². The smallest absolute Gasteiger partial charge is 0.211 e. The summed E-state index contributed by atoms with van der Waals surface area (Å²) < 4.78 is 1.64. The van der Waals surface area contributed by atoms with Gasteiger partial charge in [-0.05, 0) is 124 Å². The molecule has 1 heterocycles. The number of aryl methyl sites for hydroxylation is 4. The van der Waals surface area contributed by atoms with Gasteiger partial charge in [0.1, 0.15) is 0 Å². The Balaban J connectivity index is 0.00000425. The number of rotatable bonds is 21. The molecule has 0 amide bonds. The predicted octanol–water partition coefficient (Wildman–Crippen LogP) is 12.2. The molecule has 5 heteroatoms. The summed E-state index contributed by atoms with van der Waals surface area (Å²) in [6.07, 6.45) is 22.0. The summed E-state index contributed by atoms with van der Waals surface area (Å²) in [5.41, 5.74) is 25.3. The molecular weight excluding hydrogens is 683 g/mol. The minimum absolute atomic E-state index is 0. The van der Waals surface area contributed by atoms with Crippen LogP contribution < -0.4 is 0 Å². The van der Waals surface area contributed by atoms with Crippen molar-refractivity contribution in [1.29, 1.82) is 0 Å². The molecule has 1 aliphatic heterocycles. The maximum Gasteiger partial charge on any atom is 0.211 e. The number of aliphatic hydroxyl groups excluding tert-OH is 2. The SMILES string of the molecule is CCCCCC1=C(c2cc(CCCC)cc(CCCC)c2)[N+](=[N-])C(c2cc(CCCC)cc(CCCC)c2)=C1CCCC.CO.CO.[Pd]. The Bertz CT molecular complexity index is 1190. The second kappa shape index (κ2) is 27.9. The third-order valence-corrected chi connectivity index (χ3v) is 9.10. The van der Waals surface area contributed by atoms with Crippen LogP contribution in [0, 0.1) is 0 Å². The van der Waals surface area contributed by atoms with E-state index in [1.54, 1.807) is 4.70 Å². The van der Waals surface area contributed by atoms with Gasteiger partial charge in [-0.2, -0.15) is 0 Å². The summed E-state index contributed by atoms with van der Waals surface area (Å²) in [6.45, 7) is 13.7. The quantitative estimate of drug-likeness (QED) is 0.0757. The Morgan fingerprint density at radius 3 is 0.979 bits per heavy atom. The molecule has 0 aliphatic carbocycles. The van der Waals surface area contributed by atoms with E-state index in [1.165, 1.54) is 115 Å². The van der Waals surface area contributed by atoms with Crippen LogP contribution >= 0.6 is 0 Å². The minimum Gasteiger partial charge on any atom is -0.493 e. The fraction of sp³-hybridized carbons (Fsp3) is 0.628. The van der Waals surface area contributed by atoms with E-state index in [4.69, 9.17) is 10.2 Å². The van der Waals surface area contributed by atoms with Gasteiger partial charge >= 0.3 is 0 Å². The number of hydrogen-bond acceptors (Lipinski definition) is 2. The van der Waals surface area contributed by atoms with Crippen LogP contribution in [0.1, 0.15) is 171 Å². The Morgan fingerprint density at radius 1 is 0.417 bits per heavy atom. The van der Waals surface area contributed by atoms with Crippen molar-refractivity contribution in [1.82, 2.24) is 0 Å². The first-order valence-corrected chi connectivity index (χ1v) is 19.1. The number of aliphatic hydroxyl groups is 2. The Kier molecular flexibility index (Phi) is 26.8. The molecule has 274 valence electrons. The molecule has 0 unspecified atom stereocenters. The molecule has 0 fully saturated rings. The molecule has 2 aromatic carbocycles. The summed E-state index contributed by atoms with van der Waals surface area (Å²) >= 11 is 0. The molecule has 3 rings (SSSR count). The molecule has 2 aromatic rings. The van der Waals surface area contributed by atoms with Crippen LogP contribution in [0.15, 0.2) is 47.5 Å². The van der Waals surface area contributed by atoms with Crippen molar-refractivity contribution in [2.24, 2.45) is 0 Å². The number of benzene rings is 2. The molecular formula is C43H70N2O2Pd. The molecule has 1 aliphatic rings. The molecule has 0 radical (unpaired) electrons. The third-order valence-electron chi connectivity index (χ3n) is 9.10. The van der Waals surface area contributed by atoms with Gasteiger partial charge < -0.3 is 15.7 Å². The molecule has 48 heavy (non-hydrogen) atoms. The van der Waals surface area contributed by atoms with Crippen LogP contribution in [0.4, 0.5) is 0 Å². The van der Waals surface area contributed by atoms with Gasteiger partial charge in [-0.25, -0.2) is 4.70 Å². The van der Waals surface area contributed by atoms with E-state index in [0.29, 0.717) is 0 Å². The van der Waals surface area contributed by atoms with Crippen molar-refractivity contribution in [3.8, 4) is 0 Å². The van der Waals surface area contributed by atoms with Crippen LogP contribution in [-0.2, 0) is 46.1 Å². The van der Waals surface area contributed by atoms with Crippen LogP contribution in [0.3, 0.4) is 0 Å². The van der Waals surface area contributed by atoms with Crippen LogP contribution in [0.5, 0.6) is 0 Å². The largest absolute Gasteiger partial charge is 0.493 e. The van der Waals surface area contributed by atoms with Gasteiger partial charge in [0, 0.05) is 56.9 Å². The van der Waals surface area contributed by atoms with E-state index in [-0.39, 0.29) is 20.4 Å². The molecule has 0 atom stereocenters. The molecule has 0 saturated heterocycles. The number of hydrogen-bond donors (Lipinski definition) is 2. The van der Waals surface area contributed by atoms with E-state index in [2.05, 4.69) is 77.9 Å². The number of unbranched alkanes of at least 4 members (excludes halogenated alkanes) is 7. The normalized spacial score (nSPS) is 12.4. The monoisotopic (exact) mass is 752 g/mol. The van der Waals surface area contributed by atoms with Crippen molar-refractivity contribution in [2.75, 3.05) is 14.2 Å². The van der Waals surface area contributed by atoms with Gasteiger partial charge in [-0.15, -0.1) is 0 Å². The van der Waals surface area contributed by atoms with Gasteiger partial charge in [0.25, 0.3) is 0 Å². The maximum absolute atomic E-state index is 12.3. The third kappa shape index (κ3) is 14.5. The molecule has 0 spiro atoms. The zero-order valence-electron chi connectivity index (χ0n) is 32.0. The van der Waals surface area contributed by atoms with Crippen LogP contribution in [0.25, 0.3) is 16.9 Å². The standard InChI is InChI=1S/C41H62N2.2CH4O.Pd/c1-7-13-19-25-39-38(24-18-12-6)40(36-28-32(20-14-8-2)26-33(29-36)21-15-9-3)43(42)41(39)37-30-34(22-16-10-4)27-35(31-37)23-17-11-5;2*1-2;/h26-31H,7-25H2,1-6H3;2*2H,1H3;. The topological polar surface area (TPSA) is 65.8 Å². The molecule has 0 aromatic heterocycles. The molecule has 0 bridgehead atoms. The number of nitrogens with zero attached hydrogens (tertiary/aromatic N) is 2. The van der Waals surface area contributed by atoms with Crippen molar-refractivity contribution < 1.29 is 35.3 Å². The van der Waals surface area contributed by atoms with Gasteiger partial charge in [0.2, 0.25) is 11.4 Å². The molecule has 0 saturated carbocycles. The first kappa shape index (κ1) is 46.1. The van der Waals surface area contributed by atoms with Crippen molar-refractivity contribution in [3.05, 3.63) is 86.5 Å². The fourth-order valence-electron chi connectivity index (χ4n) is 6.59. The fourth-order valence-corrected chi connectivity index (χ4v) is 6.59. The van der Waals surface area contributed by atoms with E-state index in [1.807, 2.05) is 0 Å². The van der Waals surface area contributed by atoms with Gasteiger partial charge in [0.05, 0.1) is 0 Å². The zero-order valence-corrected chi connectivity index (χ0v) is 33.6. The number of allylic oxidation sites excluding steroid dienone is 2. The first-order valence-electron chi connectivity index (χ1n) is 19.1. The maximum atomic E-state index is 12.3. The van der Waals surface area contributed by atoms with E-state index in [0.717, 1.165) is 77.0 Å². The second-order valence-electron chi connectivity index (χ2n) is 13.0. The van der Waals surface area contributed by atoms with Crippen molar-refractivity contribution >= 4 is 11.4 Å². The van der Waals surface area contributed by atoms with E-state index >= 15 is 0 Å². The van der Waals surface area contributed by atoms with Crippen molar-refractivity contribution in [2.45, 2.75) is 164 Å². The second-order valence-corrected chi connectivity index (χ2v) is 13.0. The summed E-state index contributed by atoms with van der Waals surface area (Å²) in [4.78, 5) is 0. The summed E-state index contributed by atoms with van der Waals surface area (Å²) in [5, 5.41) is 14.0.